The molecule has 0 saturated heterocycles. The third kappa shape index (κ3) is 4.55. The molecule has 2 bridgehead atoms. The van der Waals surface area contributed by atoms with Gasteiger partial charge in [-0.2, -0.15) is 0 Å². The Bertz CT molecular complexity index is 1590. The Balaban J connectivity index is 1.50. The van der Waals surface area contributed by atoms with Crippen molar-refractivity contribution in [2.24, 2.45) is 23.7 Å². The fraction of sp³-hybridized carbons (Fsp3) is 0.150. The summed E-state index contributed by atoms with van der Waals surface area (Å²) in [4.78, 5) is 58.6. The van der Waals surface area contributed by atoms with E-state index in [1.54, 1.807) is 48.5 Å². The van der Waals surface area contributed by atoms with Crippen LogP contribution in [0, 0.1) is 23.7 Å². The van der Waals surface area contributed by atoms with Gasteiger partial charge in [0, 0.05) is 57.8 Å². The zero-order chi connectivity index (χ0) is 30.2. The van der Waals surface area contributed by atoms with Gasteiger partial charge >= 0.3 is 0 Å². The van der Waals surface area contributed by atoms with Gasteiger partial charge in [0.15, 0.2) is 23.1 Å². The van der Waals surface area contributed by atoms with Crippen LogP contribution in [0.15, 0.2) is 146 Å². The maximum absolute atomic E-state index is 14.6. The number of fused-ring (bicyclic) bond motifs is 2. The van der Waals surface area contributed by atoms with Crippen molar-refractivity contribution < 1.29 is 19.2 Å². The largest absolute Gasteiger partial charge is 0.294 e. The van der Waals surface area contributed by atoms with Crippen LogP contribution < -0.4 is 0 Å². The average molecular weight is 575 g/mol. The first-order chi connectivity index (χ1) is 21.6. The molecule has 0 aliphatic heterocycles. The SMILES string of the molecule is O=C(c1ccccc1)C1C(C(=O)c2ccccc2)C2c3ccccc3C1C(C(=O)c1ccccc1)C2C(=O)c1ccccc1. The Hall–Kier alpha value is -5.22. The summed E-state index contributed by atoms with van der Waals surface area (Å²) in [5.74, 6) is -5.39. The van der Waals surface area contributed by atoms with Gasteiger partial charge in [-0.15, -0.1) is 0 Å². The number of carbonyl (C=O) groups is 4. The molecule has 1 saturated carbocycles. The summed E-state index contributed by atoms with van der Waals surface area (Å²) in [7, 11) is 0. The molecule has 5 aromatic rings. The molecule has 214 valence electrons. The summed E-state index contributed by atoms with van der Waals surface area (Å²) in [5, 5.41) is 0. The molecule has 0 amide bonds. The predicted molar refractivity (Wildman–Crippen MR) is 169 cm³/mol. The Morgan fingerprint density at radius 3 is 0.727 bits per heavy atom. The van der Waals surface area contributed by atoms with Crippen LogP contribution in [0.25, 0.3) is 0 Å². The van der Waals surface area contributed by atoms with Gasteiger partial charge in [-0.05, 0) is 11.1 Å². The summed E-state index contributed by atoms with van der Waals surface area (Å²) >= 11 is 0. The molecule has 4 nitrogen and oxygen atoms in total. The lowest BCUT2D eigenvalue weighted by molar-refractivity contribution is 0.0260. The number of hydrogen-bond acceptors (Lipinski definition) is 4. The van der Waals surface area contributed by atoms with E-state index in [9.17, 15) is 19.2 Å². The molecule has 5 aromatic carbocycles. The van der Waals surface area contributed by atoms with E-state index in [2.05, 4.69) is 0 Å². The van der Waals surface area contributed by atoms with Crippen LogP contribution in [0.5, 0.6) is 0 Å². The molecule has 44 heavy (non-hydrogen) atoms. The van der Waals surface area contributed by atoms with Crippen LogP contribution in [0.3, 0.4) is 0 Å². The fourth-order valence-electron chi connectivity index (χ4n) is 7.72. The second-order valence-corrected chi connectivity index (χ2v) is 11.7. The molecule has 3 aliphatic rings. The Labute approximate surface area is 256 Å². The second-order valence-electron chi connectivity index (χ2n) is 11.7. The lowest BCUT2D eigenvalue weighted by Gasteiger charge is -2.55. The first-order valence-electron chi connectivity index (χ1n) is 15.0. The van der Waals surface area contributed by atoms with E-state index in [1.165, 1.54) is 0 Å². The first kappa shape index (κ1) is 27.6. The van der Waals surface area contributed by atoms with Crippen molar-refractivity contribution in [3.8, 4) is 0 Å². The smallest absolute Gasteiger partial charge is 0.167 e. The summed E-state index contributed by atoms with van der Waals surface area (Å²) in [5.41, 5.74) is 3.71. The number of Topliss-reactive ketones (excluding diaryl/α,β-unsaturated/α-hetero) is 4. The van der Waals surface area contributed by atoms with E-state index in [0.717, 1.165) is 11.1 Å². The van der Waals surface area contributed by atoms with E-state index < -0.39 is 35.5 Å². The molecular weight excluding hydrogens is 544 g/mol. The average Bonchev–Trinajstić information content (AvgIpc) is 3.11. The molecule has 0 heterocycles. The lowest BCUT2D eigenvalue weighted by Crippen LogP contribution is -2.57. The van der Waals surface area contributed by atoms with Gasteiger partial charge in [0.1, 0.15) is 0 Å². The third-order valence-electron chi connectivity index (χ3n) is 9.48. The van der Waals surface area contributed by atoms with Crippen molar-refractivity contribution in [1.29, 1.82) is 0 Å². The maximum atomic E-state index is 14.6. The second kappa shape index (κ2) is 11.5. The van der Waals surface area contributed by atoms with Gasteiger partial charge < -0.3 is 0 Å². The first-order valence-corrected chi connectivity index (χ1v) is 15.0. The van der Waals surface area contributed by atoms with Gasteiger partial charge in [0.25, 0.3) is 0 Å². The minimum absolute atomic E-state index is 0.180. The fourth-order valence-corrected chi connectivity index (χ4v) is 7.72. The molecule has 1 fully saturated rings. The molecule has 0 aromatic heterocycles. The summed E-state index contributed by atoms with van der Waals surface area (Å²) < 4.78 is 0. The van der Waals surface area contributed by atoms with E-state index >= 15 is 0 Å². The van der Waals surface area contributed by atoms with Gasteiger partial charge in [0.2, 0.25) is 0 Å². The van der Waals surface area contributed by atoms with Crippen LogP contribution >= 0.6 is 0 Å². The van der Waals surface area contributed by atoms with Crippen molar-refractivity contribution in [2.45, 2.75) is 11.8 Å². The molecule has 0 spiro atoms. The molecule has 4 heteroatoms. The topological polar surface area (TPSA) is 68.3 Å². The van der Waals surface area contributed by atoms with Crippen LogP contribution in [0.4, 0.5) is 0 Å². The van der Waals surface area contributed by atoms with Crippen LogP contribution in [-0.2, 0) is 0 Å². The molecular formula is C40H30O4. The van der Waals surface area contributed by atoms with Crippen molar-refractivity contribution in [3.63, 3.8) is 0 Å². The Morgan fingerprint density at radius 2 is 0.500 bits per heavy atom. The van der Waals surface area contributed by atoms with Crippen molar-refractivity contribution >= 4 is 23.1 Å². The Kier molecular flexibility index (Phi) is 7.19. The minimum Gasteiger partial charge on any atom is -0.294 e. The third-order valence-corrected chi connectivity index (χ3v) is 9.48. The summed E-state index contributed by atoms with van der Waals surface area (Å²) in [6, 6.07) is 43.8. The normalized spacial score (nSPS) is 23.4. The molecule has 0 radical (unpaired) electrons. The zero-order valence-corrected chi connectivity index (χ0v) is 24.0. The standard InChI is InChI=1S/C40H30O4/c41-37(25-15-5-1-6-16-25)33-31-29-23-13-14-24-30(29)32(34(33)38(42)26-17-7-2-8-18-26)36(40(44)28-21-11-4-12-22-28)35(31)39(43)27-19-9-3-10-20-27/h1-24,31-36H. The van der Waals surface area contributed by atoms with Crippen molar-refractivity contribution in [3.05, 3.63) is 179 Å². The van der Waals surface area contributed by atoms with Gasteiger partial charge in [-0.3, -0.25) is 19.2 Å². The van der Waals surface area contributed by atoms with Crippen LogP contribution in [-0.4, -0.2) is 23.1 Å². The highest BCUT2D eigenvalue weighted by Crippen LogP contribution is 2.63. The number of carbonyl (C=O) groups excluding carboxylic acids is 4. The van der Waals surface area contributed by atoms with Crippen LogP contribution in [0.1, 0.15) is 64.4 Å². The van der Waals surface area contributed by atoms with Crippen molar-refractivity contribution in [2.75, 3.05) is 0 Å². The zero-order valence-electron chi connectivity index (χ0n) is 24.0. The highest BCUT2D eigenvalue weighted by atomic mass is 16.1. The molecule has 4 atom stereocenters. The molecule has 4 unspecified atom stereocenters. The number of hydrogen-bond donors (Lipinski definition) is 0. The van der Waals surface area contributed by atoms with Gasteiger partial charge in [0.05, 0.1) is 0 Å². The maximum Gasteiger partial charge on any atom is 0.167 e. The summed E-state index contributed by atoms with van der Waals surface area (Å²) in [6.07, 6.45) is 0. The van der Waals surface area contributed by atoms with Crippen LogP contribution in [0.2, 0.25) is 0 Å². The van der Waals surface area contributed by atoms with E-state index in [-0.39, 0.29) is 23.1 Å². The highest BCUT2D eigenvalue weighted by molar-refractivity contribution is 6.11. The number of ketones is 4. The minimum atomic E-state index is -0.831. The summed E-state index contributed by atoms with van der Waals surface area (Å²) in [6.45, 7) is 0. The number of benzene rings is 5. The molecule has 0 N–H and O–H groups in total. The monoisotopic (exact) mass is 574 g/mol. The van der Waals surface area contributed by atoms with E-state index in [0.29, 0.717) is 22.3 Å². The highest BCUT2D eigenvalue weighted by Gasteiger charge is 2.63. The number of rotatable bonds is 8. The van der Waals surface area contributed by atoms with Crippen molar-refractivity contribution in [1.82, 2.24) is 0 Å². The quantitative estimate of drug-likeness (QED) is 0.177. The molecule has 8 rings (SSSR count). The van der Waals surface area contributed by atoms with E-state index in [1.807, 2.05) is 97.1 Å². The van der Waals surface area contributed by atoms with E-state index in [4.69, 9.17) is 0 Å². The van der Waals surface area contributed by atoms with Gasteiger partial charge in [-0.1, -0.05) is 146 Å². The predicted octanol–water partition coefficient (Wildman–Crippen LogP) is 7.88. The molecule has 3 aliphatic carbocycles. The Morgan fingerprint density at radius 1 is 0.295 bits per heavy atom. The van der Waals surface area contributed by atoms with Gasteiger partial charge in [-0.25, -0.2) is 0 Å². The lowest BCUT2D eigenvalue weighted by atomic mass is 9.44.